The first-order valence-corrected chi connectivity index (χ1v) is 14.2. The molecule has 0 radical (unpaired) electrons. The van der Waals surface area contributed by atoms with Crippen LogP contribution in [0.25, 0.3) is 16.3 Å². The van der Waals surface area contributed by atoms with Crippen molar-refractivity contribution in [3.05, 3.63) is 104 Å². The Kier molecular flexibility index (Phi) is 7.91. The van der Waals surface area contributed by atoms with Crippen molar-refractivity contribution in [3.8, 4) is 5.88 Å². The number of nitrogens with one attached hydrogen (secondary N) is 1. The number of amides is 1. The maximum Gasteiger partial charge on any atom is 0.491 e. The molecular formula is C30H21Cl2F4N5O4. The van der Waals surface area contributed by atoms with Crippen LogP contribution in [-0.2, 0) is 11.2 Å². The van der Waals surface area contributed by atoms with Gasteiger partial charge in [-0.25, -0.2) is 9.18 Å². The van der Waals surface area contributed by atoms with Gasteiger partial charge in [0.1, 0.15) is 22.3 Å². The number of carbonyl (C=O) groups is 2. The van der Waals surface area contributed by atoms with Gasteiger partial charge in [0.05, 0.1) is 10.6 Å². The lowest BCUT2D eigenvalue weighted by molar-refractivity contribution is -0.189. The zero-order chi connectivity index (χ0) is 32.0. The molecule has 0 spiro atoms. The maximum atomic E-state index is 14.9. The van der Waals surface area contributed by atoms with E-state index < -0.39 is 29.7 Å². The highest BCUT2D eigenvalue weighted by Crippen LogP contribution is 2.31. The molecule has 0 unspecified atom stereocenters. The van der Waals surface area contributed by atoms with Gasteiger partial charge < -0.3 is 19.5 Å². The van der Waals surface area contributed by atoms with Crippen molar-refractivity contribution in [1.82, 2.24) is 19.3 Å². The Morgan fingerprint density at radius 2 is 1.73 bits per heavy atom. The van der Waals surface area contributed by atoms with Crippen LogP contribution >= 0.6 is 23.2 Å². The van der Waals surface area contributed by atoms with Crippen LogP contribution in [0.3, 0.4) is 0 Å². The zero-order valence-electron chi connectivity index (χ0n) is 23.0. The number of benzene rings is 2. The van der Waals surface area contributed by atoms with E-state index in [2.05, 4.69) is 14.7 Å². The smallest absolute Gasteiger partial charge is 0.400 e. The molecule has 1 aliphatic rings. The first kappa shape index (κ1) is 30.4. The van der Waals surface area contributed by atoms with Crippen molar-refractivity contribution in [1.29, 1.82) is 0 Å². The topological polar surface area (TPSA) is 100 Å². The molecular weight excluding hydrogens is 641 g/mol. The van der Waals surface area contributed by atoms with Gasteiger partial charge in [0.2, 0.25) is 5.88 Å². The number of rotatable bonds is 5. The molecule has 15 heteroatoms. The zero-order valence-corrected chi connectivity index (χ0v) is 24.5. The molecule has 0 aliphatic carbocycles. The van der Waals surface area contributed by atoms with E-state index in [0.717, 1.165) is 0 Å². The predicted octanol–water partition coefficient (Wildman–Crippen LogP) is 5.64. The number of H-pyrrole nitrogens is 1. The lowest BCUT2D eigenvalue weighted by Crippen LogP contribution is -2.49. The second kappa shape index (κ2) is 11.7. The summed E-state index contributed by atoms with van der Waals surface area (Å²) in [5.41, 5.74) is 0.838. The summed E-state index contributed by atoms with van der Waals surface area (Å²) in [5.74, 6) is -3.87. The van der Waals surface area contributed by atoms with Crippen LogP contribution < -0.4 is 15.2 Å². The number of pyridine rings is 1. The molecule has 0 atom stereocenters. The van der Waals surface area contributed by atoms with Gasteiger partial charge in [0.15, 0.2) is 0 Å². The van der Waals surface area contributed by atoms with Gasteiger partial charge in [-0.2, -0.15) is 18.2 Å². The number of aromatic amines is 1. The van der Waals surface area contributed by atoms with Gasteiger partial charge in [-0.1, -0.05) is 47.5 Å². The number of anilines is 1. The fraction of sp³-hybridized carbons (Fsp3) is 0.200. The first-order valence-electron chi connectivity index (χ1n) is 13.5. The third-order valence-corrected chi connectivity index (χ3v) is 8.19. The summed E-state index contributed by atoms with van der Waals surface area (Å²) >= 11 is 12.4. The number of esters is 1. The van der Waals surface area contributed by atoms with Crippen molar-refractivity contribution in [3.63, 3.8) is 0 Å². The lowest BCUT2D eigenvalue weighted by Gasteiger charge is -2.35. The summed E-state index contributed by atoms with van der Waals surface area (Å²) in [4.78, 5) is 47.2. The van der Waals surface area contributed by atoms with E-state index in [0.29, 0.717) is 16.6 Å². The number of hydrogen-bond donors (Lipinski definition) is 1. The lowest BCUT2D eigenvalue weighted by atomic mass is 10.0. The van der Waals surface area contributed by atoms with E-state index in [-0.39, 0.29) is 70.6 Å². The molecule has 0 bridgehead atoms. The second-order valence-electron chi connectivity index (χ2n) is 10.3. The van der Waals surface area contributed by atoms with E-state index in [1.807, 2.05) is 0 Å². The largest absolute Gasteiger partial charge is 0.491 e. The molecule has 45 heavy (non-hydrogen) atoms. The summed E-state index contributed by atoms with van der Waals surface area (Å²) in [6.45, 7) is 0.778. The highest BCUT2D eigenvalue weighted by atomic mass is 35.5. The number of aromatic nitrogens is 3. The minimum absolute atomic E-state index is 0.149. The minimum atomic E-state index is -5.20. The number of alkyl halides is 3. The van der Waals surface area contributed by atoms with Crippen LogP contribution in [0, 0.1) is 5.82 Å². The predicted molar refractivity (Wildman–Crippen MR) is 159 cm³/mol. The van der Waals surface area contributed by atoms with Crippen molar-refractivity contribution in [2.75, 3.05) is 31.1 Å². The Labute approximate surface area is 261 Å². The molecule has 2 aromatic carbocycles. The van der Waals surface area contributed by atoms with E-state index in [9.17, 15) is 31.9 Å². The average Bonchev–Trinajstić information content (AvgIpc) is 3.33. The molecule has 1 amide bonds. The highest BCUT2D eigenvalue weighted by Gasteiger charge is 2.42. The van der Waals surface area contributed by atoms with E-state index >= 15 is 0 Å². The minimum Gasteiger partial charge on any atom is -0.400 e. The molecule has 5 aromatic rings. The Morgan fingerprint density at radius 1 is 1.00 bits per heavy atom. The standard InChI is InChI=1S/C30H21Cl2F4N5O4/c31-21-14-23-26(42)37-15-18(41(23)25(21)32)11-16-5-6-22(33)20(12-16)28(43)40-9-7-39(8-10-40)24-13-17-3-1-2-4-19(17)27(38-24)45-29(44)30(34,35)36/h1-6,12-15H,7-11H2,(H,37,42). The number of ether oxygens (including phenoxy) is 1. The van der Waals surface area contributed by atoms with Gasteiger partial charge in [0.25, 0.3) is 11.5 Å². The SMILES string of the molecule is O=C(c1cc(Cc2c[nH]c(=O)c3cc(Cl)c(Cl)n23)ccc1F)N1CCN(c2cc3ccccc3c(OC(=O)C(F)(F)F)n2)CC1. The Bertz CT molecular complexity index is 2040. The highest BCUT2D eigenvalue weighted by molar-refractivity contribution is 6.42. The molecule has 232 valence electrons. The fourth-order valence-electron chi connectivity index (χ4n) is 5.23. The van der Waals surface area contributed by atoms with Crippen molar-refractivity contribution in [2.24, 2.45) is 0 Å². The molecule has 4 heterocycles. The molecule has 6 rings (SSSR count). The van der Waals surface area contributed by atoms with Gasteiger partial charge in [-0.3, -0.25) is 14.0 Å². The van der Waals surface area contributed by atoms with Crippen molar-refractivity contribution in [2.45, 2.75) is 12.6 Å². The number of fused-ring (bicyclic) bond motifs is 2. The number of halogens is 6. The summed E-state index contributed by atoms with van der Waals surface area (Å²) in [5, 5.41) is 1.08. The van der Waals surface area contributed by atoms with Crippen LogP contribution in [0.1, 0.15) is 21.6 Å². The average molecular weight is 662 g/mol. The van der Waals surface area contributed by atoms with Crippen molar-refractivity contribution >= 4 is 57.2 Å². The Balaban J connectivity index is 1.20. The fourth-order valence-corrected chi connectivity index (χ4v) is 5.67. The molecule has 0 saturated carbocycles. The third-order valence-electron chi connectivity index (χ3n) is 7.44. The van der Waals surface area contributed by atoms with Crippen LogP contribution in [-0.4, -0.2) is 63.5 Å². The number of hydrogen-bond acceptors (Lipinski definition) is 6. The first-order chi connectivity index (χ1) is 21.4. The molecule has 1 N–H and O–H groups in total. The van der Waals surface area contributed by atoms with Gasteiger partial charge in [0, 0.05) is 49.9 Å². The second-order valence-corrected chi connectivity index (χ2v) is 11.0. The monoisotopic (exact) mass is 661 g/mol. The summed E-state index contributed by atoms with van der Waals surface area (Å²) in [7, 11) is 0. The molecule has 1 fully saturated rings. The van der Waals surface area contributed by atoms with Gasteiger partial charge >= 0.3 is 12.1 Å². The van der Waals surface area contributed by atoms with E-state index in [1.54, 1.807) is 29.2 Å². The van der Waals surface area contributed by atoms with Gasteiger partial charge in [-0.15, -0.1) is 0 Å². The summed E-state index contributed by atoms with van der Waals surface area (Å²) < 4.78 is 59.7. The normalized spacial score (nSPS) is 13.9. The summed E-state index contributed by atoms with van der Waals surface area (Å²) in [6.07, 6.45) is -3.54. The number of carbonyl (C=O) groups excluding carboxylic acids is 2. The van der Waals surface area contributed by atoms with E-state index in [4.69, 9.17) is 23.2 Å². The summed E-state index contributed by atoms with van der Waals surface area (Å²) in [6, 6.07) is 13.6. The third kappa shape index (κ3) is 5.92. The van der Waals surface area contributed by atoms with Gasteiger partial charge in [-0.05, 0) is 41.3 Å². The molecule has 1 aliphatic heterocycles. The molecule has 1 saturated heterocycles. The van der Waals surface area contributed by atoms with E-state index in [1.165, 1.54) is 45.8 Å². The van der Waals surface area contributed by atoms with Crippen LogP contribution in [0.2, 0.25) is 10.2 Å². The Morgan fingerprint density at radius 3 is 2.47 bits per heavy atom. The number of piperazine rings is 1. The maximum absolute atomic E-state index is 14.9. The van der Waals surface area contributed by atoms with Crippen LogP contribution in [0.5, 0.6) is 5.88 Å². The Hall–Kier alpha value is -4.62. The van der Waals surface area contributed by atoms with Crippen LogP contribution in [0.15, 0.2) is 65.6 Å². The number of nitrogens with zero attached hydrogens (tertiary/aromatic N) is 4. The van der Waals surface area contributed by atoms with Crippen LogP contribution in [0.4, 0.5) is 23.4 Å². The molecule has 9 nitrogen and oxygen atoms in total. The molecule has 3 aromatic heterocycles. The van der Waals surface area contributed by atoms with Crippen molar-refractivity contribution < 1.29 is 31.9 Å². The quantitative estimate of drug-likeness (QED) is 0.193.